The Morgan fingerprint density at radius 3 is 2.89 bits per heavy atom. The Morgan fingerprint density at radius 1 is 1.61 bits per heavy atom. The largest absolute Gasteiger partial charge is 0.395 e. The summed E-state index contributed by atoms with van der Waals surface area (Å²) < 4.78 is 1.90. The number of hydrogen-bond acceptors (Lipinski definition) is 2. The zero-order valence-electron chi connectivity index (χ0n) is 10.6. The molecule has 1 heterocycles. The molecule has 0 unspecified atom stereocenters. The maximum absolute atomic E-state index is 12.5. The molecule has 4 nitrogen and oxygen atoms in total. The van der Waals surface area contributed by atoms with Gasteiger partial charge in [-0.3, -0.25) is 4.79 Å². The Balaban J connectivity index is 2.20. The molecule has 1 aromatic heterocycles. The summed E-state index contributed by atoms with van der Waals surface area (Å²) in [6.07, 6.45) is 4.82. The van der Waals surface area contributed by atoms with Crippen LogP contribution >= 0.6 is 11.6 Å². The van der Waals surface area contributed by atoms with Gasteiger partial charge in [-0.25, -0.2) is 0 Å². The molecule has 100 valence electrons. The van der Waals surface area contributed by atoms with Crippen LogP contribution in [0.1, 0.15) is 36.7 Å². The highest BCUT2D eigenvalue weighted by molar-refractivity contribution is 6.31. The van der Waals surface area contributed by atoms with Crippen LogP contribution in [0.25, 0.3) is 0 Å². The lowest BCUT2D eigenvalue weighted by Gasteiger charge is -2.22. The third-order valence-electron chi connectivity index (χ3n) is 3.14. The number of aromatic nitrogens is 1. The van der Waals surface area contributed by atoms with Crippen molar-refractivity contribution in [1.29, 1.82) is 0 Å². The van der Waals surface area contributed by atoms with Gasteiger partial charge < -0.3 is 14.6 Å². The molecule has 1 aliphatic rings. The molecule has 2 rings (SSSR count). The molecule has 0 saturated heterocycles. The number of rotatable bonds is 6. The third-order valence-corrected chi connectivity index (χ3v) is 3.34. The van der Waals surface area contributed by atoms with Gasteiger partial charge in [-0.1, -0.05) is 18.5 Å². The second-order valence-corrected chi connectivity index (χ2v) is 5.13. The van der Waals surface area contributed by atoms with Crippen LogP contribution in [-0.4, -0.2) is 39.7 Å². The number of aliphatic hydroxyl groups is 1. The van der Waals surface area contributed by atoms with Crippen LogP contribution in [0.3, 0.4) is 0 Å². The molecule has 0 radical (unpaired) electrons. The SMILES string of the molecule is CCCn1cc(Cl)cc1C(=O)N(CCO)C1CC1. The number of aryl methyl sites for hydroxylation is 1. The molecule has 1 aliphatic carbocycles. The standard InChI is InChI=1S/C13H19ClN2O2/c1-2-5-15-9-10(14)8-12(15)13(18)16(6-7-17)11-3-4-11/h8-9,11,17H,2-7H2,1H3. The number of amides is 1. The predicted molar refractivity (Wildman–Crippen MR) is 70.9 cm³/mol. The van der Waals surface area contributed by atoms with E-state index in [9.17, 15) is 4.79 Å². The first kappa shape index (κ1) is 13.4. The Hall–Kier alpha value is -1.00. The van der Waals surface area contributed by atoms with Crippen molar-refractivity contribution in [2.24, 2.45) is 0 Å². The summed E-state index contributed by atoms with van der Waals surface area (Å²) in [6.45, 7) is 3.25. The number of carbonyl (C=O) groups is 1. The van der Waals surface area contributed by atoms with Gasteiger partial charge in [0.05, 0.1) is 11.6 Å². The zero-order chi connectivity index (χ0) is 13.1. The molecule has 1 fully saturated rings. The predicted octanol–water partition coefficient (Wildman–Crippen LogP) is 2.15. The van der Waals surface area contributed by atoms with Crippen molar-refractivity contribution in [2.45, 2.75) is 38.8 Å². The molecule has 1 amide bonds. The summed E-state index contributed by atoms with van der Waals surface area (Å²) in [7, 11) is 0. The van der Waals surface area contributed by atoms with Crippen LogP contribution in [0.4, 0.5) is 0 Å². The summed E-state index contributed by atoms with van der Waals surface area (Å²) in [6, 6.07) is 2.01. The summed E-state index contributed by atoms with van der Waals surface area (Å²) in [5.74, 6) is -0.0214. The second-order valence-electron chi connectivity index (χ2n) is 4.69. The highest BCUT2D eigenvalue weighted by atomic mass is 35.5. The number of hydrogen-bond donors (Lipinski definition) is 1. The van der Waals surface area contributed by atoms with Gasteiger partial charge in [-0.2, -0.15) is 0 Å². The smallest absolute Gasteiger partial charge is 0.270 e. The van der Waals surface area contributed by atoms with E-state index in [1.54, 1.807) is 17.2 Å². The fraction of sp³-hybridized carbons (Fsp3) is 0.615. The van der Waals surface area contributed by atoms with E-state index in [1.165, 1.54) is 0 Å². The third kappa shape index (κ3) is 2.87. The van der Waals surface area contributed by atoms with Crippen molar-refractivity contribution >= 4 is 17.5 Å². The van der Waals surface area contributed by atoms with E-state index in [0.717, 1.165) is 25.8 Å². The monoisotopic (exact) mass is 270 g/mol. The summed E-state index contributed by atoms with van der Waals surface area (Å²) >= 11 is 5.98. The molecule has 0 spiro atoms. The van der Waals surface area contributed by atoms with E-state index in [-0.39, 0.29) is 12.5 Å². The maximum Gasteiger partial charge on any atom is 0.270 e. The fourth-order valence-corrected chi connectivity index (χ4v) is 2.39. The zero-order valence-corrected chi connectivity index (χ0v) is 11.4. The van der Waals surface area contributed by atoms with Gasteiger partial charge in [-0.15, -0.1) is 0 Å². The van der Waals surface area contributed by atoms with Crippen molar-refractivity contribution in [1.82, 2.24) is 9.47 Å². The first-order valence-electron chi connectivity index (χ1n) is 6.45. The Labute approximate surface area is 112 Å². The van der Waals surface area contributed by atoms with Crippen molar-refractivity contribution < 1.29 is 9.90 Å². The molecule has 1 N–H and O–H groups in total. The highest BCUT2D eigenvalue weighted by Crippen LogP contribution is 2.28. The minimum atomic E-state index is -0.0214. The molecule has 1 aromatic rings. The van der Waals surface area contributed by atoms with E-state index >= 15 is 0 Å². The maximum atomic E-state index is 12.5. The van der Waals surface area contributed by atoms with Crippen LogP contribution in [-0.2, 0) is 6.54 Å². The molecule has 0 atom stereocenters. The topological polar surface area (TPSA) is 45.5 Å². The van der Waals surface area contributed by atoms with E-state index in [0.29, 0.717) is 23.3 Å². The molecule has 0 aromatic carbocycles. The summed E-state index contributed by atoms with van der Waals surface area (Å²) in [5, 5.41) is 9.65. The van der Waals surface area contributed by atoms with E-state index in [1.807, 2.05) is 4.57 Å². The summed E-state index contributed by atoms with van der Waals surface area (Å²) in [4.78, 5) is 14.2. The Morgan fingerprint density at radius 2 is 2.33 bits per heavy atom. The minimum absolute atomic E-state index is 0.00442. The highest BCUT2D eigenvalue weighted by Gasteiger charge is 2.33. The minimum Gasteiger partial charge on any atom is -0.395 e. The second kappa shape index (κ2) is 5.76. The lowest BCUT2D eigenvalue weighted by molar-refractivity contribution is 0.0696. The van der Waals surface area contributed by atoms with Gasteiger partial charge >= 0.3 is 0 Å². The quantitative estimate of drug-likeness (QED) is 0.861. The van der Waals surface area contributed by atoms with Crippen molar-refractivity contribution in [3.63, 3.8) is 0 Å². The first-order chi connectivity index (χ1) is 8.67. The molecule has 1 saturated carbocycles. The summed E-state index contributed by atoms with van der Waals surface area (Å²) in [5.41, 5.74) is 0.627. The lowest BCUT2D eigenvalue weighted by Crippen LogP contribution is -2.36. The van der Waals surface area contributed by atoms with E-state index < -0.39 is 0 Å². The normalized spacial score (nSPS) is 14.8. The van der Waals surface area contributed by atoms with Gasteiger partial charge in [0.25, 0.3) is 5.91 Å². The molecule has 0 aliphatic heterocycles. The number of halogens is 1. The fourth-order valence-electron chi connectivity index (χ4n) is 2.17. The van der Waals surface area contributed by atoms with Crippen LogP contribution in [0.15, 0.2) is 12.3 Å². The van der Waals surface area contributed by atoms with Crippen molar-refractivity contribution in [3.05, 3.63) is 23.0 Å². The first-order valence-corrected chi connectivity index (χ1v) is 6.82. The number of carbonyl (C=O) groups excluding carboxylic acids is 1. The van der Waals surface area contributed by atoms with Gasteiger partial charge in [0.1, 0.15) is 5.69 Å². The van der Waals surface area contributed by atoms with Gasteiger partial charge in [0.2, 0.25) is 0 Å². The average Bonchev–Trinajstić information content (AvgIpc) is 3.10. The number of aliphatic hydroxyl groups excluding tert-OH is 1. The molecular formula is C13H19ClN2O2. The van der Waals surface area contributed by atoms with Crippen LogP contribution in [0, 0.1) is 0 Å². The average molecular weight is 271 g/mol. The number of nitrogens with zero attached hydrogens (tertiary/aromatic N) is 2. The van der Waals surface area contributed by atoms with Crippen LogP contribution in [0.5, 0.6) is 0 Å². The van der Waals surface area contributed by atoms with Crippen molar-refractivity contribution in [2.75, 3.05) is 13.2 Å². The van der Waals surface area contributed by atoms with Crippen molar-refractivity contribution in [3.8, 4) is 0 Å². The molecular weight excluding hydrogens is 252 g/mol. The lowest BCUT2D eigenvalue weighted by atomic mass is 10.3. The van der Waals surface area contributed by atoms with Crippen LogP contribution < -0.4 is 0 Å². The molecule has 5 heteroatoms. The van der Waals surface area contributed by atoms with Gasteiger partial charge in [-0.05, 0) is 25.3 Å². The Bertz CT molecular complexity index is 427. The van der Waals surface area contributed by atoms with E-state index in [4.69, 9.17) is 16.7 Å². The molecule has 18 heavy (non-hydrogen) atoms. The van der Waals surface area contributed by atoms with Gasteiger partial charge in [0, 0.05) is 25.3 Å². The van der Waals surface area contributed by atoms with Crippen LogP contribution in [0.2, 0.25) is 5.02 Å². The van der Waals surface area contributed by atoms with E-state index in [2.05, 4.69) is 6.92 Å². The Kier molecular flexibility index (Phi) is 4.30. The molecule has 0 bridgehead atoms. The van der Waals surface area contributed by atoms with Gasteiger partial charge in [0.15, 0.2) is 0 Å².